The van der Waals surface area contributed by atoms with Gasteiger partial charge in [-0.1, -0.05) is 0 Å². The molecule has 1 amide bonds. The van der Waals surface area contributed by atoms with Crippen LogP contribution in [0.3, 0.4) is 0 Å². The summed E-state index contributed by atoms with van der Waals surface area (Å²) >= 11 is 0. The zero-order valence-electron chi connectivity index (χ0n) is 14.2. The molecule has 1 saturated heterocycles. The van der Waals surface area contributed by atoms with Crippen LogP contribution in [-0.2, 0) is 0 Å². The molecule has 1 atom stereocenters. The highest BCUT2D eigenvalue weighted by Crippen LogP contribution is 2.16. The fourth-order valence-corrected chi connectivity index (χ4v) is 3.10. The Morgan fingerprint density at radius 3 is 2.85 bits per heavy atom. The molecule has 1 aliphatic heterocycles. The maximum Gasteiger partial charge on any atom is 0.251 e. The van der Waals surface area contributed by atoms with Crippen molar-refractivity contribution in [2.75, 3.05) is 18.0 Å². The van der Waals surface area contributed by atoms with Gasteiger partial charge in [-0.3, -0.25) is 9.36 Å². The number of imidazole rings is 1. The van der Waals surface area contributed by atoms with Crippen molar-refractivity contribution < 1.29 is 4.79 Å². The number of anilines is 1. The Morgan fingerprint density at radius 2 is 2.04 bits per heavy atom. The quantitative estimate of drug-likeness (QED) is 0.767. The van der Waals surface area contributed by atoms with Gasteiger partial charge in [-0.05, 0) is 31.0 Å². The van der Waals surface area contributed by atoms with Crippen LogP contribution in [0.15, 0.2) is 55.5 Å². The minimum absolute atomic E-state index is 0.0601. The van der Waals surface area contributed by atoms with Gasteiger partial charge in [0.05, 0.1) is 0 Å². The lowest BCUT2D eigenvalue weighted by Crippen LogP contribution is -2.48. The van der Waals surface area contributed by atoms with Crippen LogP contribution in [0.4, 0.5) is 5.95 Å². The second kappa shape index (κ2) is 7.30. The maximum absolute atomic E-state index is 12.7. The van der Waals surface area contributed by atoms with E-state index < -0.39 is 0 Å². The van der Waals surface area contributed by atoms with Crippen LogP contribution in [0.5, 0.6) is 0 Å². The molecule has 8 heteroatoms. The predicted octanol–water partition coefficient (Wildman–Crippen LogP) is 1.46. The lowest BCUT2D eigenvalue weighted by Gasteiger charge is -2.33. The standard InChI is InChI=1S/C18H19N7O/c26-17(14-4-7-20-16(11-14)25-10-8-19-13-25)23-15-3-1-9-24(12-15)18-21-5-2-6-22-18/h2,4-8,10-11,13,15H,1,3,9,12H2,(H,23,26). The van der Waals surface area contributed by atoms with Gasteiger partial charge in [-0.15, -0.1) is 0 Å². The summed E-state index contributed by atoms with van der Waals surface area (Å²) in [6.45, 7) is 1.60. The van der Waals surface area contributed by atoms with Gasteiger partial charge in [-0.2, -0.15) is 0 Å². The largest absolute Gasteiger partial charge is 0.348 e. The van der Waals surface area contributed by atoms with Gasteiger partial charge in [-0.25, -0.2) is 19.9 Å². The van der Waals surface area contributed by atoms with E-state index in [1.165, 1.54) is 0 Å². The van der Waals surface area contributed by atoms with Crippen molar-refractivity contribution in [3.8, 4) is 5.82 Å². The van der Waals surface area contributed by atoms with Crippen LogP contribution in [0.1, 0.15) is 23.2 Å². The van der Waals surface area contributed by atoms with Crippen molar-refractivity contribution in [1.29, 1.82) is 0 Å². The fourth-order valence-electron chi connectivity index (χ4n) is 3.10. The zero-order valence-corrected chi connectivity index (χ0v) is 14.2. The summed E-state index contributed by atoms with van der Waals surface area (Å²) in [5.41, 5.74) is 0.580. The number of piperidine rings is 1. The average Bonchev–Trinajstić information content (AvgIpc) is 3.24. The number of aromatic nitrogens is 5. The number of rotatable bonds is 4. The van der Waals surface area contributed by atoms with Gasteiger partial charge in [0.2, 0.25) is 5.95 Å². The lowest BCUT2D eigenvalue weighted by molar-refractivity contribution is 0.0933. The van der Waals surface area contributed by atoms with Crippen LogP contribution in [0, 0.1) is 0 Å². The highest BCUT2D eigenvalue weighted by atomic mass is 16.1. The molecule has 0 bridgehead atoms. The van der Waals surface area contributed by atoms with E-state index in [1.54, 1.807) is 60.1 Å². The third-order valence-corrected chi connectivity index (χ3v) is 4.37. The van der Waals surface area contributed by atoms with Gasteiger partial charge >= 0.3 is 0 Å². The second-order valence-corrected chi connectivity index (χ2v) is 6.18. The van der Waals surface area contributed by atoms with Gasteiger partial charge in [0.15, 0.2) is 0 Å². The van der Waals surface area contributed by atoms with Crippen LogP contribution in [-0.4, -0.2) is 49.5 Å². The summed E-state index contributed by atoms with van der Waals surface area (Å²) in [4.78, 5) is 31.7. The van der Waals surface area contributed by atoms with Crippen LogP contribution >= 0.6 is 0 Å². The molecule has 8 nitrogen and oxygen atoms in total. The number of pyridine rings is 1. The van der Waals surface area contributed by atoms with Gasteiger partial charge in [0.25, 0.3) is 5.91 Å². The molecule has 3 aromatic rings. The third-order valence-electron chi connectivity index (χ3n) is 4.37. The van der Waals surface area contributed by atoms with Crippen LogP contribution < -0.4 is 10.2 Å². The Hall–Kier alpha value is -3.29. The molecule has 132 valence electrons. The SMILES string of the molecule is O=C(NC1CCCN(c2ncccn2)C1)c1ccnc(-n2ccnc2)c1. The molecule has 0 radical (unpaired) electrons. The van der Waals surface area contributed by atoms with E-state index in [0.717, 1.165) is 19.4 Å². The van der Waals surface area contributed by atoms with Crippen molar-refractivity contribution in [3.05, 3.63) is 61.1 Å². The topological polar surface area (TPSA) is 88.8 Å². The number of hydrogen-bond donors (Lipinski definition) is 1. The van der Waals surface area contributed by atoms with E-state index in [-0.39, 0.29) is 11.9 Å². The Morgan fingerprint density at radius 1 is 1.15 bits per heavy atom. The molecular formula is C18H19N7O. The zero-order chi connectivity index (χ0) is 17.8. The van der Waals surface area contributed by atoms with Crippen molar-refractivity contribution in [1.82, 2.24) is 29.8 Å². The molecule has 0 aromatic carbocycles. The minimum Gasteiger partial charge on any atom is -0.348 e. The maximum atomic E-state index is 12.7. The summed E-state index contributed by atoms with van der Waals surface area (Å²) < 4.78 is 1.77. The third kappa shape index (κ3) is 3.53. The summed E-state index contributed by atoms with van der Waals surface area (Å²) in [5, 5.41) is 3.12. The average molecular weight is 349 g/mol. The summed E-state index contributed by atoms with van der Waals surface area (Å²) in [6, 6.07) is 5.34. The molecular weight excluding hydrogens is 330 g/mol. The van der Waals surface area contributed by atoms with Gasteiger partial charge < -0.3 is 10.2 Å². The molecule has 1 N–H and O–H groups in total. The molecule has 1 fully saturated rings. The van der Waals surface area contributed by atoms with Gasteiger partial charge in [0.1, 0.15) is 12.1 Å². The second-order valence-electron chi connectivity index (χ2n) is 6.18. The highest BCUT2D eigenvalue weighted by molar-refractivity contribution is 5.94. The number of amides is 1. The molecule has 3 aromatic heterocycles. The first-order valence-corrected chi connectivity index (χ1v) is 8.57. The minimum atomic E-state index is -0.102. The molecule has 26 heavy (non-hydrogen) atoms. The van der Waals surface area contributed by atoms with E-state index in [4.69, 9.17) is 0 Å². The van der Waals surface area contributed by atoms with E-state index in [1.807, 2.05) is 0 Å². The van der Waals surface area contributed by atoms with Crippen molar-refractivity contribution >= 4 is 11.9 Å². The van der Waals surface area contributed by atoms with E-state index in [9.17, 15) is 4.79 Å². The molecule has 4 heterocycles. The molecule has 4 rings (SSSR count). The number of carbonyl (C=O) groups is 1. The first kappa shape index (κ1) is 16.2. The van der Waals surface area contributed by atoms with Gasteiger partial charge in [0, 0.05) is 55.7 Å². The molecule has 0 saturated carbocycles. The molecule has 0 aliphatic carbocycles. The van der Waals surface area contributed by atoms with Crippen molar-refractivity contribution in [3.63, 3.8) is 0 Å². The molecule has 0 spiro atoms. The fraction of sp³-hybridized carbons (Fsp3) is 0.278. The van der Waals surface area contributed by atoms with E-state index >= 15 is 0 Å². The normalized spacial score (nSPS) is 17.1. The number of nitrogens with one attached hydrogen (secondary N) is 1. The smallest absolute Gasteiger partial charge is 0.251 e. The predicted molar refractivity (Wildman–Crippen MR) is 96.1 cm³/mol. The first-order chi connectivity index (χ1) is 12.8. The monoisotopic (exact) mass is 349 g/mol. The van der Waals surface area contributed by atoms with Crippen LogP contribution in [0.25, 0.3) is 5.82 Å². The highest BCUT2D eigenvalue weighted by Gasteiger charge is 2.23. The molecule has 1 aliphatic rings. The van der Waals surface area contributed by atoms with Crippen LogP contribution in [0.2, 0.25) is 0 Å². The summed E-state index contributed by atoms with van der Waals surface area (Å²) in [7, 11) is 0. The summed E-state index contributed by atoms with van der Waals surface area (Å²) in [6.07, 6.45) is 12.2. The van der Waals surface area contributed by atoms with E-state index in [2.05, 4.69) is 30.2 Å². The first-order valence-electron chi connectivity index (χ1n) is 8.57. The molecule has 1 unspecified atom stereocenters. The Balaban J connectivity index is 1.44. The Labute approximate surface area is 150 Å². The summed E-state index contributed by atoms with van der Waals surface area (Å²) in [5.74, 6) is 1.27. The Kier molecular flexibility index (Phi) is 4.55. The Bertz CT molecular complexity index is 866. The lowest BCUT2D eigenvalue weighted by atomic mass is 10.1. The number of hydrogen-bond acceptors (Lipinski definition) is 6. The number of carbonyl (C=O) groups excluding carboxylic acids is 1. The van der Waals surface area contributed by atoms with E-state index in [0.29, 0.717) is 23.9 Å². The number of nitrogens with zero attached hydrogens (tertiary/aromatic N) is 6. The van der Waals surface area contributed by atoms with Crippen molar-refractivity contribution in [2.24, 2.45) is 0 Å². The van der Waals surface area contributed by atoms with Crippen molar-refractivity contribution in [2.45, 2.75) is 18.9 Å².